The molecule has 0 fully saturated rings. The van der Waals surface area contributed by atoms with E-state index in [0.717, 1.165) is 21.8 Å². The number of hydrogen-bond donors (Lipinski definition) is 1. The van der Waals surface area contributed by atoms with Gasteiger partial charge in [-0.1, -0.05) is 19.1 Å². The van der Waals surface area contributed by atoms with Crippen LogP contribution >= 0.6 is 11.8 Å². The number of aryl methyl sites for hydroxylation is 1. The molecule has 0 radical (unpaired) electrons. The van der Waals surface area contributed by atoms with E-state index in [9.17, 15) is 8.42 Å². The third-order valence-corrected chi connectivity index (χ3v) is 6.13. The van der Waals surface area contributed by atoms with Crippen LogP contribution in [-0.2, 0) is 10.0 Å². The van der Waals surface area contributed by atoms with Crippen molar-refractivity contribution in [3.8, 4) is 5.75 Å². The quantitative estimate of drug-likeness (QED) is 0.749. The van der Waals surface area contributed by atoms with Crippen LogP contribution in [0.4, 0.5) is 0 Å². The number of thioether (sulfide) groups is 1. The highest BCUT2D eigenvalue weighted by Gasteiger charge is 2.20. The van der Waals surface area contributed by atoms with E-state index in [4.69, 9.17) is 4.74 Å². The predicted octanol–water partition coefficient (Wildman–Crippen LogP) is 4.16. The maximum atomic E-state index is 12.6. The van der Waals surface area contributed by atoms with E-state index in [1.807, 2.05) is 50.4 Å². The van der Waals surface area contributed by atoms with Crippen LogP contribution in [0.25, 0.3) is 0 Å². The van der Waals surface area contributed by atoms with Crippen molar-refractivity contribution in [3.63, 3.8) is 0 Å². The fourth-order valence-corrected chi connectivity index (χ4v) is 4.23. The molecule has 0 saturated heterocycles. The molecule has 0 spiro atoms. The first kappa shape index (κ1) is 18.8. The van der Waals surface area contributed by atoms with Crippen molar-refractivity contribution in [1.29, 1.82) is 0 Å². The zero-order valence-electron chi connectivity index (χ0n) is 14.4. The minimum Gasteiger partial charge on any atom is -0.496 e. The maximum Gasteiger partial charge on any atom is 0.241 e. The van der Waals surface area contributed by atoms with E-state index in [0.29, 0.717) is 6.42 Å². The Morgan fingerprint density at radius 2 is 1.83 bits per heavy atom. The van der Waals surface area contributed by atoms with Gasteiger partial charge in [-0.3, -0.25) is 0 Å². The van der Waals surface area contributed by atoms with Gasteiger partial charge in [0.25, 0.3) is 0 Å². The molecular formula is C18H23NO3S2. The Balaban J connectivity index is 2.26. The lowest BCUT2D eigenvalue weighted by Gasteiger charge is -2.19. The molecule has 4 nitrogen and oxygen atoms in total. The molecular weight excluding hydrogens is 342 g/mol. The molecule has 0 aliphatic rings. The van der Waals surface area contributed by atoms with Crippen LogP contribution in [0.1, 0.15) is 30.5 Å². The minimum atomic E-state index is -3.56. The number of nitrogens with one attached hydrogen (secondary N) is 1. The average Bonchev–Trinajstić information content (AvgIpc) is 2.59. The van der Waals surface area contributed by atoms with Gasteiger partial charge in [0.1, 0.15) is 5.75 Å². The molecule has 0 amide bonds. The molecule has 2 aromatic carbocycles. The largest absolute Gasteiger partial charge is 0.496 e. The van der Waals surface area contributed by atoms with Crippen LogP contribution in [-0.4, -0.2) is 21.8 Å². The molecule has 0 unspecified atom stereocenters. The summed E-state index contributed by atoms with van der Waals surface area (Å²) in [5.41, 5.74) is 1.91. The van der Waals surface area contributed by atoms with Crippen molar-refractivity contribution >= 4 is 21.8 Å². The molecule has 2 rings (SSSR count). The van der Waals surface area contributed by atoms with Gasteiger partial charge >= 0.3 is 0 Å². The fraction of sp³-hybridized carbons (Fsp3) is 0.333. The van der Waals surface area contributed by atoms with E-state index in [2.05, 4.69) is 4.72 Å². The van der Waals surface area contributed by atoms with Gasteiger partial charge in [0.2, 0.25) is 10.0 Å². The molecule has 0 heterocycles. The van der Waals surface area contributed by atoms with E-state index in [-0.39, 0.29) is 10.9 Å². The first-order valence-electron chi connectivity index (χ1n) is 7.72. The average molecular weight is 366 g/mol. The van der Waals surface area contributed by atoms with Crippen LogP contribution < -0.4 is 9.46 Å². The number of ether oxygens (including phenoxy) is 1. The molecule has 1 atom stereocenters. The second-order valence-electron chi connectivity index (χ2n) is 5.49. The normalized spacial score (nSPS) is 12.8. The summed E-state index contributed by atoms with van der Waals surface area (Å²) < 4.78 is 33.3. The monoisotopic (exact) mass is 365 g/mol. The Morgan fingerprint density at radius 1 is 1.17 bits per heavy atom. The summed E-state index contributed by atoms with van der Waals surface area (Å²) in [6.45, 7) is 3.91. The third-order valence-electron chi connectivity index (χ3n) is 3.90. The summed E-state index contributed by atoms with van der Waals surface area (Å²) in [7, 11) is -1.94. The molecule has 130 valence electrons. The van der Waals surface area contributed by atoms with Gasteiger partial charge in [-0.15, -0.1) is 11.8 Å². The topological polar surface area (TPSA) is 55.4 Å². The Bertz CT molecular complexity index is 786. The Kier molecular flexibility index (Phi) is 6.32. The van der Waals surface area contributed by atoms with E-state index < -0.39 is 10.0 Å². The summed E-state index contributed by atoms with van der Waals surface area (Å²) >= 11 is 1.58. The molecule has 0 bridgehead atoms. The third kappa shape index (κ3) is 4.32. The van der Waals surface area contributed by atoms with Crippen LogP contribution in [0.5, 0.6) is 5.75 Å². The van der Waals surface area contributed by atoms with Gasteiger partial charge in [0.05, 0.1) is 12.0 Å². The second kappa shape index (κ2) is 8.05. The Hall–Kier alpha value is -1.50. The van der Waals surface area contributed by atoms with Crippen molar-refractivity contribution in [2.24, 2.45) is 0 Å². The lowest BCUT2D eigenvalue weighted by Crippen LogP contribution is -2.28. The van der Waals surface area contributed by atoms with Gasteiger partial charge in [0.15, 0.2) is 0 Å². The number of methoxy groups -OCH3 is 1. The molecule has 1 N–H and O–H groups in total. The van der Waals surface area contributed by atoms with E-state index >= 15 is 0 Å². The van der Waals surface area contributed by atoms with Crippen LogP contribution in [0.2, 0.25) is 0 Å². The lowest BCUT2D eigenvalue weighted by atomic mass is 10.0. The standard InChI is InChI=1S/C18H23NO3S2/c1-5-17(14-6-11-18(22-3)13(2)12-14)19-24(20,21)16-9-7-15(23-4)8-10-16/h6-12,17,19H,5H2,1-4H3/t17-/m1/s1. The SMILES string of the molecule is CC[C@@H](NS(=O)(=O)c1ccc(SC)cc1)c1ccc(OC)c(C)c1. The van der Waals surface area contributed by atoms with E-state index in [1.165, 1.54) is 0 Å². The zero-order chi connectivity index (χ0) is 17.7. The van der Waals surface area contributed by atoms with Crippen molar-refractivity contribution in [2.45, 2.75) is 36.1 Å². The van der Waals surface area contributed by atoms with Gasteiger partial charge in [0, 0.05) is 10.9 Å². The minimum absolute atomic E-state index is 0.278. The highest BCUT2D eigenvalue weighted by molar-refractivity contribution is 7.98. The van der Waals surface area contributed by atoms with Crippen LogP contribution in [0.3, 0.4) is 0 Å². The highest BCUT2D eigenvalue weighted by Crippen LogP contribution is 2.26. The zero-order valence-corrected chi connectivity index (χ0v) is 16.0. The molecule has 2 aromatic rings. The molecule has 24 heavy (non-hydrogen) atoms. The summed E-state index contributed by atoms with van der Waals surface area (Å²) in [5.74, 6) is 0.795. The van der Waals surface area contributed by atoms with Crippen molar-refractivity contribution in [3.05, 3.63) is 53.6 Å². The summed E-state index contributed by atoms with van der Waals surface area (Å²) in [4.78, 5) is 1.32. The van der Waals surface area contributed by atoms with Crippen molar-refractivity contribution in [1.82, 2.24) is 4.72 Å². The first-order valence-corrected chi connectivity index (χ1v) is 10.4. The van der Waals surface area contributed by atoms with Gasteiger partial charge in [-0.25, -0.2) is 13.1 Å². The summed E-state index contributed by atoms with van der Waals surface area (Å²) in [6.07, 6.45) is 2.62. The summed E-state index contributed by atoms with van der Waals surface area (Å²) in [6, 6.07) is 12.4. The second-order valence-corrected chi connectivity index (χ2v) is 8.08. The number of hydrogen-bond acceptors (Lipinski definition) is 4. The van der Waals surface area contributed by atoms with Crippen LogP contribution in [0, 0.1) is 6.92 Å². The maximum absolute atomic E-state index is 12.6. The van der Waals surface area contributed by atoms with Gasteiger partial charge in [-0.05, 0) is 61.1 Å². The molecule has 6 heteroatoms. The fourth-order valence-electron chi connectivity index (χ4n) is 2.52. The number of sulfonamides is 1. The molecule has 0 aromatic heterocycles. The Morgan fingerprint density at radius 3 is 2.33 bits per heavy atom. The number of rotatable bonds is 7. The van der Waals surface area contributed by atoms with Crippen molar-refractivity contribution < 1.29 is 13.2 Å². The first-order chi connectivity index (χ1) is 11.4. The summed E-state index contributed by atoms with van der Waals surface area (Å²) in [5, 5.41) is 0. The molecule has 0 aliphatic carbocycles. The Labute approximate surface area is 148 Å². The smallest absolute Gasteiger partial charge is 0.241 e. The van der Waals surface area contributed by atoms with Gasteiger partial charge in [-0.2, -0.15) is 0 Å². The predicted molar refractivity (Wildman–Crippen MR) is 99.3 cm³/mol. The van der Waals surface area contributed by atoms with Gasteiger partial charge < -0.3 is 4.74 Å². The number of benzene rings is 2. The highest BCUT2D eigenvalue weighted by atomic mass is 32.2. The lowest BCUT2D eigenvalue weighted by molar-refractivity contribution is 0.411. The van der Waals surface area contributed by atoms with E-state index in [1.54, 1.807) is 31.0 Å². The molecule has 0 saturated carbocycles. The molecule has 0 aliphatic heterocycles. The van der Waals surface area contributed by atoms with Crippen molar-refractivity contribution in [2.75, 3.05) is 13.4 Å². The van der Waals surface area contributed by atoms with Crippen LogP contribution in [0.15, 0.2) is 52.3 Å².